The highest BCUT2D eigenvalue weighted by atomic mass is 19.1. The third-order valence-electron chi connectivity index (χ3n) is 6.91. The van der Waals surface area contributed by atoms with Crippen molar-refractivity contribution in [3.8, 4) is 16.9 Å². The van der Waals surface area contributed by atoms with Crippen molar-refractivity contribution >= 4 is 22.7 Å². The van der Waals surface area contributed by atoms with E-state index in [2.05, 4.69) is 20.6 Å². The highest BCUT2D eigenvalue weighted by Crippen LogP contribution is 2.45. The Bertz CT molecular complexity index is 1530. The number of carbonyl (C=O) groups excluding carboxylic acids is 2. The van der Waals surface area contributed by atoms with Crippen molar-refractivity contribution in [1.82, 2.24) is 30.2 Å². The minimum atomic E-state index is -0.397. The normalized spacial score (nSPS) is 20.6. The van der Waals surface area contributed by atoms with Gasteiger partial charge in [-0.2, -0.15) is 0 Å². The molecule has 0 bridgehead atoms. The van der Waals surface area contributed by atoms with Gasteiger partial charge in [0.1, 0.15) is 11.5 Å². The van der Waals surface area contributed by atoms with Crippen molar-refractivity contribution in [1.29, 1.82) is 0 Å². The number of likely N-dealkylation sites (tertiary alicyclic amines) is 1. The first kappa shape index (κ1) is 21.2. The van der Waals surface area contributed by atoms with Gasteiger partial charge in [0.05, 0.1) is 17.4 Å². The lowest BCUT2D eigenvalue weighted by Crippen LogP contribution is -2.36. The first-order chi connectivity index (χ1) is 16.9. The Kier molecular flexibility index (Phi) is 4.77. The van der Waals surface area contributed by atoms with Crippen LogP contribution in [0.5, 0.6) is 0 Å². The van der Waals surface area contributed by atoms with Gasteiger partial charge in [-0.15, -0.1) is 5.10 Å². The fourth-order valence-electron chi connectivity index (χ4n) is 4.88. The first-order valence-corrected chi connectivity index (χ1v) is 11.3. The zero-order valence-corrected chi connectivity index (χ0v) is 18.7. The number of halogens is 1. The van der Waals surface area contributed by atoms with Gasteiger partial charge in [0.2, 0.25) is 5.91 Å². The Labute approximate surface area is 198 Å². The SMILES string of the molecule is CC(=O)N1C[C@@H]2C(NC(=O)c3ccc(-n4cc(-c5cc6cc(F)ccc6[nH]c5=O)nn4)cc3)[C@@H]2C1. The number of H-pyrrole nitrogens is 1. The lowest BCUT2D eigenvalue weighted by molar-refractivity contribution is -0.128. The molecular formula is C25H21FN6O3. The lowest BCUT2D eigenvalue weighted by Gasteiger charge is -2.18. The molecule has 2 N–H and O–H groups in total. The number of fused-ring (bicyclic) bond motifs is 2. The molecule has 35 heavy (non-hydrogen) atoms. The maximum Gasteiger partial charge on any atom is 0.258 e. The van der Waals surface area contributed by atoms with Crippen LogP contribution in [0.4, 0.5) is 4.39 Å². The van der Waals surface area contributed by atoms with Crippen molar-refractivity contribution in [3.63, 3.8) is 0 Å². The van der Waals surface area contributed by atoms with Crippen molar-refractivity contribution in [2.75, 3.05) is 13.1 Å². The summed E-state index contributed by atoms with van der Waals surface area (Å²) in [5.41, 5.74) is 2.01. The molecule has 1 aliphatic heterocycles. The molecule has 6 rings (SSSR count). The van der Waals surface area contributed by atoms with Gasteiger partial charge < -0.3 is 15.2 Å². The van der Waals surface area contributed by atoms with Crippen LogP contribution in [0.2, 0.25) is 0 Å². The molecule has 1 saturated heterocycles. The van der Waals surface area contributed by atoms with Gasteiger partial charge in [-0.3, -0.25) is 14.4 Å². The van der Waals surface area contributed by atoms with E-state index >= 15 is 0 Å². The molecular weight excluding hydrogens is 451 g/mol. The van der Waals surface area contributed by atoms with Crippen LogP contribution < -0.4 is 10.9 Å². The summed E-state index contributed by atoms with van der Waals surface area (Å²) in [4.78, 5) is 41.2. The van der Waals surface area contributed by atoms with E-state index in [9.17, 15) is 18.8 Å². The van der Waals surface area contributed by atoms with Crippen molar-refractivity contribution in [2.24, 2.45) is 11.8 Å². The van der Waals surface area contributed by atoms with Gasteiger partial charge in [0.25, 0.3) is 11.5 Å². The molecule has 2 fully saturated rings. The number of carbonyl (C=O) groups is 2. The number of amides is 2. The van der Waals surface area contributed by atoms with Crippen molar-refractivity contribution in [3.05, 3.63) is 76.5 Å². The third-order valence-corrected chi connectivity index (χ3v) is 6.91. The smallest absolute Gasteiger partial charge is 0.258 e. The van der Waals surface area contributed by atoms with Crippen molar-refractivity contribution < 1.29 is 14.0 Å². The van der Waals surface area contributed by atoms with E-state index in [0.717, 1.165) is 0 Å². The Morgan fingerprint density at radius 1 is 1.09 bits per heavy atom. The highest BCUT2D eigenvalue weighted by Gasteiger charge is 2.57. The Hall–Kier alpha value is -4.34. The number of pyridine rings is 1. The van der Waals surface area contributed by atoms with Crippen LogP contribution in [0.1, 0.15) is 17.3 Å². The average molecular weight is 472 g/mol. The van der Waals surface area contributed by atoms with Gasteiger partial charge in [-0.05, 0) is 48.5 Å². The topological polar surface area (TPSA) is 113 Å². The first-order valence-electron chi connectivity index (χ1n) is 11.3. The van der Waals surface area contributed by atoms with Crippen LogP contribution in [0, 0.1) is 17.7 Å². The van der Waals surface area contributed by atoms with Crippen molar-refractivity contribution in [2.45, 2.75) is 13.0 Å². The van der Waals surface area contributed by atoms with E-state index in [1.807, 2.05) is 4.90 Å². The number of rotatable bonds is 4. The van der Waals surface area contributed by atoms with E-state index in [-0.39, 0.29) is 29.0 Å². The van der Waals surface area contributed by atoms with Crippen LogP contribution in [-0.4, -0.2) is 55.8 Å². The molecule has 4 aromatic rings. The summed E-state index contributed by atoms with van der Waals surface area (Å²) < 4.78 is 15.1. The number of aromatic amines is 1. The molecule has 9 nitrogen and oxygen atoms in total. The second kappa shape index (κ2) is 7.86. The number of benzene rings is 2. The van der Waals surface area contributed by atoms with Gasteiger partial charge in [-0.25, -0.2) is 9.07 Å². The molecule has 2 aromatic heterocycles. The molecule has 1 aliphatic carbocycles. The molecule has 0 radical (unpaired) electrons. The Morgan fingerprint density at radius 3 is 2.54 bits per heavy atom. The predicted octanol–water partition coefficient (Wildman–Crippen LogP) is 2.12. The van der Waals surface area contributed by atoms with E-state index in [4.69, 9.17) is 0 Å². The maximum atomic E-state index is 13.6. The molecule has 0 spiro atoms. The van der Waals surface area contributed by atoms with E-state index in [1.54, 1.807) is 43.5 Å². The highest BCUT2D eigenvalue weighted by molar-refractivity contribution is 5.95. The van der Waals surface area contributed by atoms with Gasteiger partial charge in [0.15, 0.2) is 0 Å². The second-order valence-corrected chi connectivity index (χ2v) is 9.09. The zero-order valence-electron chi connectivity index (χ0n) is 18.7. The minimum absolute atomic E-state index is 0.0771. The van der Waals surface area contributed by atoms with E-state index in [1.165, 1.54) is 22.9 Å². The molecule has 3 heterocycles. The number of nitrogens with one attached hydrogen (secondary N) is 2. The van der Waals surface area contributed by atoms with Crippen LogP contribution in [0.15, 0.2) is 59.5 Å². The lowest BCUT2D eigenvalue weighted by atomic mass is 10.1. The second-order valence-electron chi connectivity index (χ2n) is 9.09. The summed E-state index contributed by atoms with van der Waals surface area (Å²) in [6.07, 6.45) is 1.61. The number of hydrogen-bond donors (Lipinski definition) is 2. The summed E-state index contributed by atoms with van der Waals surface area (Å²) in [6, 6.07) is 12.8. The molecule has 176 valence electrons. The summed E-state index contributed by atoms with van der Waals surface area (Å²) >= 11 is 0. The fourth-order valence-corrected chi connectivity index (χ4v) is 4.88. The zero-order chi connectivity index (χ0) is 24.3. The standard InChI is InChI=1S/C25H21FN6O3/c1-13(33)31-10-19-20(11-31)23(19)28-24(34)14-2-5-17(6-3-14)32-12-22(29-30-32)18-9-15-8-16(26)4-7-21(15)27-25(18)35/h2-9,12,19-20,23H,10-11H2,1H3,(H,27,35)(H,28,34)/t19-,20+,23?. The Balaban J connectivity index is 1.16. The van der Waals surface area contributed by atoms with Gasteiger partial charge in [-0.1, -0.05) is 5.21 Å². The number of nitrogens with zero attached hydrogens (tertiary/aromatic N) is 4. The maximum absolute atomic E-state index is 13.6. The molecule has 1 unspecified atom stereocenters. The number of piperidine rings is 1. The van der Waals surface area contributed by atoms with Crippen LogP contribution in [0.25, 0.3) is 27.8 Å². The minimum Gasteiger partial charge on any atom is -0.349 e. The largest absolute Gasteiger partial charge is 0.349 e. The number of aromatic nitrogens is 4. The monoisotopic (exact) mass is 472 g/mol. The average Bonchev–Trinajstić information content (AvgIpc) is 3.23. The van der Waals surface area contributed by atoms with Crippen LogP contribution in [0.3, 0.4) is 0 Å². The summed E-state index contributed by atoms with van der Waals surface area (Å²) in [7, 11) is 0. The van der Waals surface area contributed by atoms with Crippen LogP contribution in [-0.2, 0) is 4.79 Å². The summed E-state index contributed by atoms with van der Waals surface area (Å²) in [5.74, 6) is 0.204. The predicted molar refractivity (Wildman–Crippen MR) is 125 cm³/mol. The summed E-state index contributed by atoms with van der Waals surface area (Å²) in [5, 5.41) is 11.8. The van der Waals surface area contributed by atoms with Gasteiger partial charge in [0, 0.05) is 54.4 Å². The number of hydrogen-bond acceptors (Lipinski definition) is 5. The Morgan fingerprint density at radius 2 is 1.83 bits per heavy atom. The molecule has 2 aromatic carbocycles. The molecule has 2 amide bonds. The van der Waals surface area contributed by atoms with Crippen LogP contribution >= 0.6 is 0 Å². The molecule has 10 heteroatoms. The fraction of sp³-hybridized carbons (Fsp3) is 0.240. The van der Waals surface area contributed by atoms with E-state index < -0.39 is 5.82 Å². The van der Waals surface area contributed by atoms with Gasteiger partial charge >= 0.3 is 0 Å². The summed E-state index contributed by atoms with van der Waals surface area (Å²) in [6.45, 7) is 2.97. The third kappa shape index (κ3) is 3.76. The molecule has 1 saturated carbocycles. The quantitative estimate of drug-likeness (QED) is 0.473. The molecule has 2 aliphatic rings. The molecule has 3 atom stereocenters. The van der Waals surface area contributed by atoms with E-state index in [0.29, 0.717) is 52.8 Å².